The smallest absolute Gasteiger partial charge is 0.124 e. The molecule has 0 spiro atoms. The average Bonchev–Trinajstić information content (AvgIpc) is 3.60. The molecule has 7 aromatic carbocycles. The van der Waals surface area contributed by atoms with Crippen molar-refractivity contribution in [3.63, 3.8) is 0 Å². The van der Waals surface area contributed by atoms with Crippen molar-refractivity contribution in [1.29, 1.82) is 0 Å². The van der Waals surface area contributed by atoms with Crippen LogP contribution in [0.1, 0.15) is 25.0 Å². The van der Waals surface area contributed by atoms with Crippen molar-refractivity contribution in [3.8, 4) is 44.0 Å². The van der Waals surface area contributed by atoms with E-state index in [-0.39, 0.29) is 5.41 Å². The fourth-order valence-corrected chi connectivity index (χ4v) is 8.34. The molecule has 9 rings (SSSR count). The lowest BCUT2D eigenvalue weighted by atomic mass is 9.79. The Balaban J connectivity index is 1.45. The van der Waals surface area contributed by atoms with Crippen molar-refractivity contribution in [2.45, 2.75) is 19.3 Å². The normalized spacial score (nSPS) is 13.4. The van der Waals surface area contributed by atoms with Gasteiger partial charge < -0.3 is 0 Å². The first-order valence-corrected chi connectivity index (χ1v) is 16.0. The monoisotopic (exact) mass is 579 g/mol. The summed E-state index contributed by atoms with van der Waals surface area (Å²) in [4.78, 5) is 5.04. The molecule has 0 saturated carbocycles. The second kappa shape index (κ2) is 9.47. The van der Waals surface area contributed by atoms with Crippen LogP contribution < -0.4 is 0 Å². The molecule has 0 N–H and O–H groups in total. The summed E-state index contributed by atoms with van der Waals surface area (Å²) in [6.07, 6.45) is 0. The predicted molar refractivity (Wildman–Crippen MR) is 189 cm³/mol. The largest absolute Gasteiger partial charge is 0.236 e. The van der Waals surface area contributed by atoms with E-state index in [0.717, 1.165) is 16.1 Å². The van der Waals surface area contributed by atoms with Gasteiger partial charge in [0.15, 0.2) is 0 Å². The Kier molecular flexibility index (Phi) is 5.48. The van der Waals surface area contributed by atoms with Gasteiger partial charge in [0.25, 0.3) is 0 Å². The zero-order chi connectivity index (χ0) is 29.4. The van der Waals surface area contributed by atoms with Crippen LogP contribution in [-0.4, -0.2) is 4.98 Å². The van der Waals surface area contributed by atoms with Gasteiger partial charge in [-0.25, -0.2) is 4.98 Å². The molecule has 44 heavy (non-hydrogen) atoms. The van der Waals surface area contributed by atoms with E-state index in [4.69, 9.17) is 4.98 Å². The molecule has 2 heteroatoms. The molecule has 0 radical (unpaired) electrons. The minimum Gasteiger partial charge on any atom is -0.236 e. The van der Waals surface area contributed by atoms with Crippen LogP contribution in [0.5, 0.6) is 0 Å². The topological polar surface area (TPSA) is 12.9 Å². The van der Waals surface area contributed by atoms with Gasteiger partial charge in [-0.2, -0.15) is 0 Å². The number of nitrogens with zero attached hydrogens (tertiary/aromatic N) is 1. The van der Waals surface area contributed by atoms with E-state index in [1.165, 1.54) is 70.8 Å². The third-order valence-electron chi connectivity index (χ3n) is 9.48. The van der Waals surface area contributed by atoms with Gasteiger partial charge in [0.05, 0.1) is 10.2 Å². The first kappa shape index (κ1) is 25.4. The van der Waals surface area contributed by atoms with Crippen molar-refractivity contribution >= 4 is 43.1 Å². The molecule has 0 amide bonds. The summed E-state index contributed by atoms with van der Waals surface area (Å²) in [6.45, 7) is 4.74. The van der Waals surface area contributed by atoms with E-state index >= 15 is 0 Å². The highest BCUT2D eigenvalue weighted by Gasteiger charge is 2.36. The van der Waals surface area contributed by atoms with Crippen LogP contribution in [0, 0.1) is 0 Å². The molecule has 0 saturated heterocycles. The first-order chi connectivity index (χ1) is 21.6. The highest BCUT2D eigenvalue weighted by molar-refractivity contribution is 7.21. The number of hydrogen-bond acceptors (Lipinski definition) is 2. The first-order valence-electron chi connectivity index (χ1n) is 15.2. The van der Waals surface area contributed by atoms with Crippen molar-refractivity contribution in [2.24, 2.45) is 0 Å². The lowest BCUT2D eigenvalue weighted by Crippen LogP contribution is -2.14. The van der Waals surface area contributed by atoms with Crippen LogP contribution in [-0.2, 0) is 5.41 Å². The molecule has 1 heterocycles. The Labute approximate surface area is 261 Å². The Morgan fingerprint density at radius 1 is 0.477 bits per heavy atom. The molecule has 1 aliphatic rings. The number of fused-ring (bicyclic) bond motifs is 6. The minimum absolute atomic E-state index is 0.0845. The standard InChI is InChI=1S/C42H29NS/c1-42(2)35-18-10-9-17-29(35)31-24-33-34(25-36(31)42)40(27-15-7-4-8-16-27)32-23-28(41-43-37-19-11-12-20-38(37)44-41)21-22-30(32)39(33)26-13-5-3-6-14-26/h3-25H,1-2H3. The summed E-state index contributed by atoms with van der Waals surface area (Å²) in [5.74, 6) is 0. The van der Waals surface area contributed by atoms with Crippen molar-refractivity contribution < 1.29 is 0 Å². The highest BCUT2D eigenvalue weighted by Crippen LogP contribution is 2.53. The van der Waals surface area contributed by atoms with Crippen LogP contribution in [0.25, 0.3) is 75.7 Å². The molecule has 1 nitrogen and oxygen atoms in total. The maximum absolute atomic E-state index is 5.04. The molecule has 1 aromatic heterocycles. The van der Waals surface area contributed by atoms with Gasteiger partial charge in [-0.05, 0) is 96.4 Å². The molecule has 0 fully saturated rings. The van der Waals surface area contributed by atoms with Crippen LogP contribution in [0.2, 0.25) is 0 Å². The number of thiazole rings is 1. The Hall–Kier alpha value is -5.05. The summed E-state index contributed by atoms with van der Waals surface area (Å²) in [6, 6.07) is 51.2. The van der Waals surface area contributed by atoms with Crippen LogP contribution >= 0.6 is 11.3 Å². The van der Waals surface area contributed by atoms with Crippen LogP contribution in [0.4, 0.5) is 0 Å². The molecule has 8 aromatic rings. The SMILES string of the molecule is CC1(C)c2ccccc2-c2cc3c(-c4ccccc4)c4ccc(-c5nc6ccccc6s5)cc4c(-c4ccccc4)c3cc21. The van der Waals surface area contributed by atoms with E-state index in [2.05, 4.69) is 153 Å². The molecular formula is C42H29NS. The Bertz CT molecular complexity index is 2360. The third kappa shape index (κ3) is 3.68. The lowest BCUT2D eigenvalue weighted by Gasteiger charge is -2.24. The van der Waals surface area contributed by atoms with Gasteiger partial charge in [-0.15, -0.1) is 11.3 Å². The van der Waals surface area contributed by atoms with E-state index in [0.29, 0.717) is 0 Å². The summed E-state index contributed by atoms with van der Waals surface area (Å²) in [7, 11) is 0. The predicted octanol–water partition coefficient (Wildman–Crippen LogP) is 11.9. The maximum Gasteiger partial charge on any atom is 0.124 e. The van der Waals surface area contributed by atoms with Crippen molar-refractivity contribution in [3.05, 3.63) is 151 Å². The summed E-state index contributed by atoms with van der Waals surface area (Å²) >= 11 is 1.76. The molecule has 0 unspecified atom stereocenters. The van der Waals surface area contributed by atoms with E-state index < -0.39 is 0 Å². The zero-order valence-electron chi connectivity index (χ0n) is 24.6. The highest BCUT2D eigenvalue weighted by atomic mass is 32.1. The van der Waals surface area contributed by atoms with Gasteiger partial charge in [-0.3, -0.25) is 0 Å². The summed E-state index contributed by atoms with van der Waals surface area (Å²) in [5.41, 5.74) is 12.7. The van der Waals surface area contributed by atoms with Crippen LogP contribution in [0.3, 0.4) is 0 Å². The second-order valence-corrected chi connectivity index (χ2v) is 13.4. The Morgan fingerprint density at radius 2 is 1.09 bits per heavy atom. The van der Waals surface area contributed by atoms with Gasteiger partial charge in [-0.1, -0.05) is 123 Å². The zero-order valence-corrected chi connectivity index (χ0v) is 25.5. The minimum atomic E-state index is -0.0845. The summed E-state index contributed by atoms with van der Waals surface area (Å²) < 4.78 is 1.21. The molecule has 1 aliphatic carbocycles. The lowest BCUT2D eigenvalue weighted by molar-refractivity contribution is 0.661. The maximum atomic E-state index is 5.04. The number of hydrogen-bond donors (Lipinski definition) is 0. The molecule has 208 valence electrons. The molecule has 0 atom stereocenters. The van der Waals surface area contributed by atoms with E-state index in [1.54, 1.807) is 11.3 Å². The van der Waals surface area contributed by atoms with Gasteiger partial charge in [0.1, 0.15) is 5.01 Å². The number of para-hydroxylation sites is 1. The van der Waals surface area contributed by atoms with Gasteiger partial charge in [0.2, 0.25) is 0 Å². The van der Waals surface area contributed by atoms with E-state index in [1.807, 2.05) is 0 Å². The fraction of sp³-hybridized carbons (Fsp3) is 0.0714. The Morgan fingerprint density at radius 3 is 1.84 bits per heavy atom. The molecule has 0 aliphatic heterocycles. The molecule has 0 bridgehead atoms. The summed E-state index contributed by atoms with van der Waals surface area (Å²) in [5, 5.41) is 6.16. The second-order valence-electron chi connectivity index (χ2n) is 12.3. The number of benzene rings is 7. The molecular weight excluding hydrogens is 551 g/mol. The number of rotatable bonds is 3. The third-order valence-corrected chi connectivity index (χ3v) is 10.6. The number of aromatic nitrogens is 1. The van der Waals surface area contributed by atoms with Crippen molar-refractivity contribution in [1.82, 2.24) is 4.98 Å². The van der Waals surface area contributed by atoms with Gasteiger partial charge in [0, 0.05) is 11.0 Å². The van der Waals surface area contributed by atoms with E-state index in [9.17, 15) is 0 Å². The van der Waals surface area contributed by atoms with Gasteiger partial charge >= 0.3 is 0 Å². The average molecular weight is 580 g/mol. The van der Waals surface area contributed by atoms with Crippen molar-refractivity contribution in [2.75, 3.05) is 0 Å². The van der Waals surface area contributed by atoms with Crippen LogP contribution in [0.15, 0.2) is 140 Å². The fourth-order valence-electron chi connectivity index (χ4n) is 7.38. The quantitative estimate of drug-likeness (QED) is 0.190.